The minimum Gasteiger partial charge on any atom is -0.456 e. The Morgan fingerprint density at radius 3 is 2.39 bits per heavy atom. The van der Waals surface area contributed by atoms with Crippen molar-refractivity contribution < 1.29 is 23.9 Å². The van der Waals surface area contributed by atoms with Gasteiger partial charge in [-0.05, 0) is 47.6 Å². The van der Waals surface area contributed by atoms with E-state index in [1.807, 2.05) is 12.1 Å². The highest BCUT2D eigenvalue weighted by Crippen LogP contribution is 2.32. The van der Waals surface area contributed by atoms with Gasteiger partial charge in [-0.1, -0.05) is 23.7 Å². The smallest absolute Gasteiger partial charge is 0.431 e. The molecule has 0 aliphatic carbocycles. The number of nitrogens with zero attached hydrogens (tertiary/aromatic N) is 1. The Labute approximate surface area is 185 Å². The first-order valence-corrected chi connectivity index (χ1v) is 10.1. The molecule has 0 unspecified atom stereocenters. The van der Waals surface area contributed by atoms with Gasteiger partial charge in [-0.2, -0.15) is 5.48 Å². The number of pyridine rings is 1. The largest absolute Gasteiger partial charge is 0.456 e. The van der Waals surface area contributed by atoms with Crippen LogP contribution in [0, 0.1) is 0 Å². The number of rotatable bonds is 4. The van der Waals surface area contributed by atoms with Crippen LogP contribution in [0.2, 0.25) is 5.15 Å². The number of benzene rings is 1. The fraction of sp³-hybridized carbons (Fsp3) is 0.409. The van der Waals surface area contributed by atoms with Gasteiger partial charge in [0.05, 0.1) is 16.8 Å². The van der Waals surface area contributed by atoms with Gasteiger partial charge in [0, 0.05) is 22.4 Å². The summed E-state index contributed by atoms with van der Waals surface area (Å²) in [6.45, 7) is 10.5. The van der Waals surface area contributed by atoms with Crippen molar-refractivity contribution in [1.29, 1.82) is 0 Å². The van der Waals surface area contributed by atoms with Gasteiger partial charge in [-0.3, -0.25) is 4.84 Å². The average molecular weight is 448 g/mol. The minimum absolute atomic E-state index is 0.108. The van der Waals surface area contributed by atoms with Crippen molar-refractivity contribution in [2.45, 2.75) is 59.4 Å². The van der Waals surface area contributed by atoms with E-state index in [1.165, 1.54) is 0 Å². The fourth-order valence-corrected chi connectivity index (χ4v) is 3.20. The number of esters is 1. The summed E-state index contributed by atoms with van der Waals surface area (Å²) >= 11 is 6.08. The number of fused-ring (bicyclic) bond motifs is 3. The van der Waals surface area contributed by atoms with Crippen LogP contribution in [-0.4, -0.2) is 33.2 Å². The number of aromatic nitrogens is 2. The van der Waals surface area contributed by atoms with Crippen molar-refractivity contribution in [2.24, 2.45) is 0 Å². The van der Waals surface area contributed by atoms with Crippen LogP contribution in [0.3, 0.4) is 0 Å². The van der Waals surface area contributed by atoms with Crippen molar-refractivity contribution >= 4 is 45.3 Å². The summed E-state index contributed by atoms with van der Waals surface area (Å²) in [5.41, 5.74) is 2.34. The van der Waals surface area contributed by atoms with Gasteiger partial charge in [0.25, 0.3) is 0 Å². The van der Waals surface area contributed by atoms with E-state index in [-0.39, 0.29) is 6.61 Å². The highest BCUT2D eigenvalue weighted by molar-refractivity contribution is 6.30. The molecule has 31 heavy (non-hydrogen) atoms. The van der Waals surface area contributed by atoms with Crippen LogP contribution < -0.4 is 5.48 Å². The van der Waals surface area contributed by atoms with E-state index >= 15 is 0 Å². The molecule has 9 heteroatoms. The average Bonchev–Trinajstić information content (AvgIpc) is 2.97. The standard InChI is InChI=1S/C22H26ClN3O5/c1-21(2,3)30-19(27)17-13-8-7-12-10-24-16(23)9-14(12)18(13)25-15(17)11-29-26-20(28)31-22(4,5)6/h7-10,25H,11H2,1-6H3,(H,26,28). The second-order valence-corrected chi connectivity index (χ2v) is 9.48. The van der Waals surface area contributed by atoms with Gasteiger partial charge < -0.3 is 14.5 Å². The Morgan fingerprint density at radius 1 is 1.06 bits per heavy atom. The van der Waals surface area contributed by atoms with E-state index < -0.39 is 23.3 Å². The van der Waals surface area contributed by atoms with Crippen molar-refractivity contribution in [3.8, 4) is 0 Å². The van der Waals surface area contributed by atoms with Gasteiger partial charge >= 0.3 is 12.1 Å². The monoisotopic (exact) mass is 447 g/mol. The topological polar surface area (TPSA) is 103 Å². The van der Waals surface area contributed by atoms with Crippen molar-refractivity contribution in [2.75, 3.05) is 0 Å². The maximum atomic E-state index is 13.0. The Morgan fingerprint density at radius 2 is 1.74 bits per heavy atom. The Balaban J connectivity index is 1.99. The second kappa shape index (κ2) is 8.36. The quantitative estimate of drug-likeness (QED) is 0.320. The van der Waals surface area contributed by atoms with Crippen molar-refractivity contribution in [3.63, 3.8) is 0 Å². The molecule has 0 aliphatic heterocycles. The molecule has 0 saturated heterocycles. The second-order valence-electron chi connectivity index (χ2n) is 9.09. The van der Waals surface area contributed by atoms with Gasteiger partial charge in [0.15, 0.2) is 0 Å². The maximum Gasteiger partial charge on any atom is 0.431 e. The number of H-pyrrole nitrogens is 1. The highest BCUT2D eigenvalue weighted by Gasteiger charge is 2.26. The summed E-state index contributed by atoms with van der Waals surface area (Å²) in [7, 11) is 0. The van der Waals surface area contributed by atoms with Crippen LogP contribution in [-0.2, 0) is 20.9 Å². The van der Waals surface area contributed by atoms with Crippen LogP contribution in [0.15, 0.2) is 24.4 Å². The Hall–Kier alpha value is -2.84. The molecule has 3 aromatic rings. The van der Waals surface area contributed by atoms with Crippen molar-refractivity contribution in [3.05, 3.63) is 40.8 Å². The third kappa shape index (κ3) is 5.65. The highest BCUT2D eigenvalue weighted by atomic mass is 35.5. The molecule has 0 fully saturated rings. The Kier molecular flexibility index (Phi) is 6.16. The molecule has 0 atom stereocenters. The maximum absolute atomic E-state index is 13.0. The van der Waals surface area contributed by atoms with Gasteiger partial charge in [-0.15, -0.1) is 0 Å². The zero-order valence-electron chi connectivity index (χ0n) is 18.4. The molecule has 2 N–H and O–H groups in total. The summed E-state index contributed by atoms with van der Waals surface area (Å²) in [4.78, 5) is 37.5. The lowest BCUT2D eigenvalue weighted by Crippen LogP contribution is -2.32. The number of amides is 1. The SMILES string of the molecule is CC(C)(C)OC(=O)NOCc1[nH]c2c(ccc3cnc(Cl)cc32)c1C(=O)OC(C)(C)C. The Bertz CT molecular complexity index is 1140. The summed E-state index contributed by atoms with van der Waals surface area (Å²) in [6.07, 6.45) is 0.927. The van der Waals surface area contributed by atoms with Crippen molar-refractivity contribution in [1.82, 2.24) is 15.4 Å². The molecule has 0 radical (unpaired) electrons. The summed E-state index contributed by atoms with van der Waals surface area (Å²) < 4.78 is 10.7. The molecule has 2 heterocycles. The zero-order chi connectivity index (χ0) is 23.0. The molecule has 0 saturated carbocycles. The van der Waals surface area contributed by atoms with Gasteiger partial charge in [0.2, 0.25) is 0 Å². The van der Waals surface area contributed by atoms with E-state index in [0.717, 1.165) is 10.8 Å². The van der Waals surface area contributed by atoms with E-state index in [1.54, 1.807) is 53.8 Å². The summed E-state index contributed by atoms with van der Waals surface area (Å²) in [5.74, 6) is -0.505. The minimum atomic E-state index is -0.731. The lowest BCUT2D eigenvalue weighted by molar-refractivity contribution is -0.0149. The molecule has 8 nitrogen and oxygen atoms in total. The van der Waals surface area contributed by atoms with E-state index in [2.05, 4.69) is 15.4 Å². The predicted octanol–water partition coefficient (Wildman–Crippen LogP) is 5.28. The van der Waals surface area contributed by atoms with Crippen LogP contribution in [0.5, 0.6) is 0 Å². The lowest BCUT2D eigenvalue weighted by atomic mass is 10.1. The molecule has 1 amide bonds. The number of halogens is 1. The number of aromatic amines is 1. The van der Waals surface area contributed by atoms with E-state index in [4.69, 9.17) is 25.9 Å². The molecule has 0 spiro atoms. The molecular weight excluding hydrogens is 422 g/mol. The molecule has 166 valence electrons. The number of carbonyl (C=O) groups excluding carboxylic acids is 2. The molecule has 0 bridgehead atoms. The van der Waals surface area contributed by atoms with Gasteiger partial charge in [-0.25, -0.2) is 14.6 Å². The normalized spacial score (nSPS) is 12.2. The summed E-state index contributed by atoms with van der Waals surface area (Å²) in [5, 5.41) is 2.64. The first-order chi connectivity index (χ1) is 14.3. The predicted molar refractivity (Wildman–Crippen MR) is 118 cm³/mol. The van der Waals surface area contributed by atoms with Gasteiger partial charge in [0.1, 0.15) is 23.0 Å². The van der Waals surface area contributed by atoms with Crippen LogP contribution in [0.1, 0.15) is 57.6 Å². The number of nitrogens with one attached hydrogen (secondary N) is 2. The zero-order valence-corrected chi connectivity index (χ0v) is 19.1. The van der Waals surface area contributed by atoms with Crippen LogP contribution >= 0.6 is 11.6 Å². The lowest BCUT2D eigenvalue weighted by Gasteiger charge is -2.20. The molecule has 2 aromatic heterocycles. The number of hydroxylamine groups is 1. The third-order valence-corrected chi connectivity index (χ3v) is 4.30. The number of ether oxygens (including phenoxy) is 2. The first-order valence-electron chi connectivity index (χ1n) is 9.77. The fourth-order valence-electron chi connectivity index (χ4n) is 3.05. The molecule has 1 aromatic carbocycles. The van der Waals surface area contributed by atoms with Crippen LogP contribution in [0.25, 0.3) is 21.7 Å². The number of hydrogen-bond donors (Lipinski definition) is 2. The number of hydrogen-bond acceptors (Lipinski definition) is 6. The first kappa shape index (κ1) is 22.8. The van der Waals surface area contributed by atoms with E-state index in [0.29, 0.717) is 27.3 Å². The molecule has 3 rings (SSSR count). The molecule has 0 aliphatic rings. The summed E-state index contributed by atoms with van der Waals surface area (Å²) in [6, 6.07) is 5.39. The van der Waals surface area contributed by atoms with Crippen LogP contribution in [0.4, 0.5) is 4.79 Å². The third-order valence-electron chi connectivity index (χ3n) is 4.09. The molecular formula is C22H26ClN3O5. The van der Waals surface area contributed by atoms with E-state index in [9.17, 15) is 9.59 Å². The number of carbonyl (C=O) groups is 2.